The molecule has 0 N–H and O–H groups in total. The Hall–Kier alpha value is -2.70. The van der Waals surface area contributed by atoms with Crippen molar-refractivity contribution >= 4 is 11.2 Å². The minimum absolute atomic E-state index is 0.142. The van der Waals surface area contributed by atoms with Gasteiger partial charge >= 0.3 is 0 Å². The maximum Gasteiger partial charge on any atom is 0.215 e. The van der Waals surface area contributed by atoms with Gasteiger partial charge in [0.1, 0.15) is 0 Å². The number of hydrogen-bond acceptors (Lipinski definition) is 5. The van der Waals surface area contributed by atoms with E-state index in [1.807, 2.05) is 11.5 Å². The molecule has 3 aromatic heterocycles. The maximum absolute atomic E-state index is 11.8. The number of aryl methyl sites for hydroxylation is 1. The van der Waals surface area contributed by atoms with E-state index >= 15 is 0 Å². The van der Waals surface area contributed by atoms with Gasteiger partial charge in [-0.15, -0.1) is 15.0 Å². The van der Waals surface area contributed by atoms with Gasteiger partial charge in [-0.05, 0) is 13.0 Å². The SMILES string of the molecule is CCn1ccc(=O)c2nn(-c3ccnc(OC)c3)nc21. The van der Waals surface area contributed by atoms with Crippen LogP contribution >= 0.6 is 0 Å². The number of ether oxygens (including phenoxy) is 1. The maximum atomic E-state index is 11.8. The summed E-state index contributed by atoms with van der Waals surface area (Å²) in [6.07, 6.45) is 3.32. The van der Waals surface area contributed by atoms with Crippen LogP contribution < -0.4 is 10.2 Å². The Morgan fingerprint density at radius 3 is 2.90 bits per heavy atom. The second-order valence-corrected chi connectivity index (χ2v) is 4.18. The van der Waals surface area contributed by atoms with Crippen LogP contribution in [0.5, 0.6) is 5.88 Å². The van der Waals surface area contributed by atoms with E-state index < -0.39 is 0 Å². The summed E-state index contributed by atoms with van der Waals surface area (Å²) in [4.78, 5) is 17.3. The molecule has 0 aliphatic carbocycles. The van der Waals surface area contributed by atoms with Gasteiger partial charge in [-0.3, -0.25) is 4.79 Å². The molecule has 0 saturated heterocycles. The lowest BCUT2D eigenvalue weighted by Crippen LogP contribution is -2.06. The molecule has 0 atom stereocenters. The van der Waals surface area contributed by atoms with Crippen molar-refractivity contribution in [1.29, 1.82) is 0 Å². The number of methoxy groups -OCH3 is 1. The second-order valence-electron chi connectivity index (χ2n) is 4.18. The van der Waals surface area contributed by atoms with Gasteiger partial charge in [0.05, 0.1) is 12.8 Å². The van der Waals surface area contributed by atoms with Gasteiger partial charge in [0.25, 0.3) is 0 Å². The average molecular weight is 271 g/mol. The summed E-state index contributed by atoms with van der Waals surface area (Å²) in [7, 11) is 1.54. The topological polar surface area (TPSA) is 74.8 Å². The quantitative estimate of drug-likeness (QED) is 0.710. The third kappa shape index (κ3) is 1.93. The predicted molar refractivity (Wildman–Crippen MR) is 73.1 cm³/mol. The Bertz CT molecular complexity index is 821. The molecule has 0 saturated carbocycles. The second kappa shape index (κ2) is 4.76. The minimum atomic E-state index is -0.142. The van der Waals surface area contributed by atoms with E-state index in [1.165, 1.54) is 10.9 Å². The number of hydrogen-bond donors (Lipinski definition) is 0. The first kappa shape index (κ1) is 12.3. The largest absolute Gasteiger partial charge is 0.481 e. The summed E-state index contributed by atoms with van der Waals surface area (Å²) in [6, 6.07) is 4.96. The Kier molecular flexibility index (Phi) is 2.94. The zero-order valence-corrected chi connectivity index (χ0v) is 11.1. The lowest BCUT2D eigenvalue weighted by Gasteiger charge is -2.02. The smallest absolute Gasteiger partial charge is 0.215 e. The molecule has 0 radical (unpaired) electrons. The summed E-state index contributed by atoms with van der Waals surface area (Å²) < 4.78 is 6.95. The number of pyridine rings is 2. The van der Waals surface area contributed by atoms with Crippen molar-refractivity contribution in [1.82, 2.24) is 24.5 Å². The number of aromatic nitrogens is 5. The monoisotopic (exact) mass is 271 g/mol. The zero-order valence-electron chi connectivity index (χ0n) is 11.1. The highest BCUT2D eigenvalue weighted by Gasteiger charge is 2.11. The van der Waals surface area contributed by atoms with Gasteiger partial charge in [0.2, 0.25) is 11.3 Å². The molecule has 0 amide bonds. The fraction of sp³-hybridized carbons (Fsp3) is 0.231. The van der Waals surface area contributed by atoms with Crippen LogP contribution in [0.4, 0.5) is 0 Å². The first-order chi connectivity index (χ1) is 9.72. The molecule has 0 unspecified atom stereocenters. The average Bonchev–Trinajstić information content (AvgIpc) is 2.94. The summed E-state index contributed by atoms with van der Waals surface area (Å²) in [6.45, 7) is 2.70. The highest BCUT2D eigenvalue weighted by Crippen LogP contribution is 2.13. The minimum Gasteiger partial charge on any atom is -0.481 e. The van der Waals surface area contributed by atoms with Crippen LogP contribution in [-0.2, 0) is 6.54 Å². The highest BCUT2D eigenvalue weighted by molar-refractivity contribution is 5.69. The van der Waals surface area contributed by atoms with Crippen LogP contribution in [-0.4, -0.2) is 31.7 Å². The van der Waals surface area contributed by atoms with Gasteiger partial charge in [0.15, 0.2) is 11.2 Å². The molecule has 3 rings (SSSR count). The number of fused-ring (bicyclic) bond motifs is 1. The van der Waals surface area contributed by atoms with Crippen molar-refractivity contribution in [3.63, 3.8) is 0 Å². The molecule has 0 aliphatic heterocycles. The van der Waals surface area contributed by atoms with Crippen molar-refractivity contribution in [3.8, 4) is 11.6 Å². The van der Waals surface area contributed by atoms with Crippen molar-refractivity contribution in [2.24, 2.45) is 0 Å². The first-order valence-electron chi connectivity index (χ1n) is 6.20. The third-order valence-corrected chi connectivity index (χ3v) is 3.01. The van der Waals surface area contributed by atoms with Crippen LogP contribution in [0.3, 0.4) is 0 Å². The number of rotatable bonds is 3. The van der Waals surface area contributed by atoms with Crippen LogP contribution in [0.25, 0.3) is 16.9 Å². The van der Waals surface area contributed by atoms with Crippen LogP contribution in [0.1, 0.15) is 6.92 Å². The molecule has 7 heteroatoms. The molecule has 3 aromatic rings. The molecule has 0 aromatic carbocycles. The predicted octanol–water partition coefficient (Wildman–Crippen LogP) is 1.01. The van der Waals surface area contributed by atoms with Crippen molar-refractivity contribution in [2.45, 2.75) is 13.5 Å². The summed E-state index contributed by atoms with van der Waals surface area (Å²) in [5.74, 6) is 0.467. The van der Waals surface area contributed by atoms with E-state index in [1.54, 1.807) is 31.6 Å². The molecular weight excluding hydrogens is 258 g/mol. The van der Waals surface area contributed by atoms with E-state index in [-0.39, 0.29) is 5.43 Å². The lowest BCUT2D eigenvalue weighted by molar-refractivity contribution is 0.397. The molecule has 0 bridgehead atoms. The molecule has 3 heterocycles. The Morgan fingerprint density at radius 1 is 1.30 bits per heavy atom. The van der Waals surface area contributed by atoms with Crippen LogP contribution in [0.2, 0.25) is 0 Å². The molecule has 0 fully saturated rings. The normalized spacial score (nSPS) is 10.9. The third-order valence-electron chi connectivity index (χ3n) is 3.01. The first-order valence-corrected chi connectivity index (χ1v) is 6.20. The van der Waals surface area contributed by atoms with Gasteiger partial charge < -0.3 is 9.30 Å². The van der Waals surface area contributed by atoms with Gasteiger partial charge in [-0.1, -0.05) is 0 Å². The van der Waals surface area contributed by atoms with Crippen LogP contribution in [0.15, 0.2) is 35.4 Å². The molecule has 0 spiro atoms. The molecule has 20 heavy (non-hydrogen) atoms. The van der Waals surface area contributed by atoms with Crippen molar-refractivity contribution in [3.05, 3.63) is 40.8 Å². The van der Waals surface area contributed by atoms with E-state index in [4.69, 9.17) is 4.74 Å². The van der Waals surface area contributed by atoms with E-state index in [2.05, 4.69) is 15.2 Å². The fourth-order valence-electron chi connectivity index (χ4n) is 1.96. The van der Waals surface area contributed by atoms with Gasteiger partial charge in [0, 0.05) is 31.1 Å². The van der Waals surface area contributed by atoms with E-state index in [9.17, 15) is 4.79 Å². The summed E-state index contributed by atoms with van der Waals surface area (Å²) >= 11 is 0. The molecule has 0 aliphatic rings. The number of nitrogens with zero attached hydrogens (tertiary/aromatic N) is 5. The molecule has 7 nitrogen and oxygen atoms in total. The van der Waals surface area contributed by atoms with Crippen LogP contribution in [0, 0.1) is 0 Å². The zero-order chi connectivity index (χ0) is 14.1. The van der Waals surface area contributed by atoms with E-state index in [0.29, 0.717) is 22.7 Å². The fourth-order valence-corrected chi connectivity index (χ4v) is 1.96. The molecular formula is C13H13N5O2. The van der Waals surface area contributed by atoms with Crippen molar-refractivity contribution in [2.75, 3.05) is 7.11 Å². The standard InChI is InChI=1S/C13H13N5O2/c1-3-17-7-5-10(19)12-13(17)16-18(15-12)9-4-6-14-11(8-9)20-2/h4-8H,3H2,1-2H3. The Labute approximate surface area is 114 Å². The highest BCUT2D eigenvalue weighted by atomic mass is 16.5. The van der Waals surface area contributed by atoms with E-state index in [0.717, 1.165) is 6.54 Å². The summed E-state index contributed by atoms with van der Waals surface area (Å²) in [5, 5.41) is 8.63. The summed E-state index contributed by atoms with van der Waals surface area (Å²) in [5.41, 5.74) is 1.47. The Balaban J connectivity index is 2.22. The van der Waals surface area contributed by atoms with Gasteiger partial charge in [-0.2, -0.15) is 0 Å². The van der Waals surface area contributed by atoms with Gasteiger partial charge in [-0.25, -0.2) is 4.98 Å². The molecule has 102 valence electrons. The van der Waals surface area contributed by atoms with Crippen molar-refractivity contribution < 1.29 is 4.74 Å². The Morgan fingerprint density at radius 2 is 2.15 bits per heavy atom. The lowest BCUT2D eigenvalue weighted by atomic mass is 10.4.